The number of nitrogens with one attached hydrogen (secondary N) is 2. The van der Waals surface area contributed by atoms with E-state index in [1.807, 2.05) is 6.20 Å². The van der Waals surface area contributed by atoms with Crippen LogP contribution in [0.3, 0.4) is 0 Å². The molecular weight excluding hydrogens is 304 g/mol. The molecular formula is C18H26N4S. The van der Waals surface area contributed by atoms with E-state index in [2.05, 4.69) is 65.6 Å². The molecule has 1 heterocycles. The van der Waals surface area contributed by atoms with Gasteiger partial charge in [-0.1, -0.05) is 36.8 Å². The van der Waals surface area contributed by atoms with Crippen LogP contribution in [0.1, 0.15) is 34.9 Å². The lowest BCUT2D eigenvalue weighted by Crippen LogP contribution is -2.38. The van der Waals surface area contributed by atoms with E-state index < -0.39 is 0 Å². The van der Waals surface area contributed by atoms with Crippen LogP contribution in [0.4, 0.5) is 0 Å². The SMILES string of the molecule is CCNC(=NCc1ncc(CC)s1)NCCc1cccc(C)c1. The lowest BCUT2D eigenvalue weighted by atomic mass is 10.1. The maximum absolute atomic E-state index is 4.62. The van der Waals surface area contributed by atoms with Crippen LogP contribution in [0.5, 0.6) is 0 Å². The van der Waals surface area contributed by atoms with E-state index in [0.29, 0.717) is 6.54 Å². The molecule has 2 aromatic rings. The molecule has 1 aromatic heterocycles. The van der Waals surface area contributed by atoms with Crippen molar-refractivity contribution in [2.45, 2.75) is 40.2 Å². The predicted octanol–water partition coefficient (Wildman–Crippen LogP) is 3.31. The molecule has 0 atom stereocenters. The number of guanidine groups is 1. The fourth-order valence-electron chi connectivity index (χ4n) is 2.27. The first-order chi connectivity index (χ1) is 11.2. The average Bonchev–Trinajstić information content (AvgIpc) is 3.01. The molecule has 0 bridgehead atoms. The third-order valence-corrected chi connectivity index (χ3v) is 4.58. The summed E-state index contributed by atoms with van der Waals surface area (Å²) in [6, 6.07) is 8.63. The molecule has 124 valence electrons. The van der Waals surface area contributed by atoms with Crippen LogP contribution in [0.25, 0.3) is 0 Å². The van der Waals surface area contributed by atoms with E-state index in [1.54, 1.807) is 11.3 Å². The number of aliphatic imine (C=N–C) groups is 1. The van der Waals surface area contributed by atoms with Crippen LogP contribution in [0.2, 0.25) is 0 Å². The summed E-state index contributed by atoms with van der Waals surface area (Å²) >= 11 is 1.74. The van der Waals surface area contributed by atoms with E-state index in [1.165, 1.54) is 16.0 Å². The zero-order valence-corrected chi connectivity index (χ0v) is 15.0. The third kappa shape index (κ3) is 6.02. The van der Waals surface area contributed by atoms with Gasteiger partial charge in [0.2, 0.25) is 0 Å². The van der Waals surface area contributed by atoms with Gasteiger partial charge in [0.1, 0.15) is 5.01 Å². The molecule has 5 heteroatoms. The summed E-state index contributed by atoms with van der Waals surface area (Å²) in [6.07, 6.45) is 3.98. The Bertz CT molecular complexity index is 633. The second kappa shape index (κ2) is 9.30. The second-order valence-electron chi connectivity index (χ2n) is 5.43. The Labute approximate surface area is 143 Å². The van der Waals surface area contributed by atoms with Gasteiger partial charge in [-0.15, -0.1) is 11.3 Å². The van der Waals surface area contributed by atoms with E-state index in [4.69, 9.17) is 0 Å². The van der Waals surface area contributed by atoms with Crippen molar-refractivity contribution in [1.82, 2.24) is 15.6 Å². The minimum atomic E-state index is 0.629. The number of nitrogens with zero attached hydrogens (tertiary/aromatic N) is 2. The normalized spacial score (nSPS) is 11.5. The summed E-state index contributed by atoms with van der Waals surface area (Å²) in [5.74, 6) is 0.855. The molecule has 0 saturated heterocycles. The molecule has 2 N–H and O–H groups in total. The topological polar surface area (TPSA) is 49.3 Å². The van der Waals surface area contributed by atoms with E-state index >= 15 is 0 Å². The molecule has 4 nitrogen and oxygen atoms in total. The lowest BCUT2D eigenvalue weighted by molar-refractivity contribution is 0.798. The van der Waals surface area contributed by atoms with Crippen molar-refractivity contribution >= 4 is 17.3 Å². The molecule has 2 rings (SSSR count). The first-order valence-electron chi connectivity index (χ1n) is 8.22. The highest BCUT2D eigenvalue weighted by Crippen LogP contribution is 2.13. The van der Waals surface area contributed by atoms with Gasteiger partial charge in [-0.3, -0.25) is 0 Å². The number of hydrogen-bond donors (Lipinski definition) is 2. The second-order valence-corrected chi connectivity index (χ2v) is 6.63. The number of hydrogen-bond acceptors (Lipinski definition) is 3. The van der Waals surface area contributed by atoms with Crippen molar-refractivity contribution in [3.63, 3.8) is 0 Å². The minimum Gasteiger partial charge on any atom is -0.357 e. The van der Waals surface area contributed by atoms with Gasteiger partial charge in [0.25, 0.3) is 0 Å². The predicted molar refractivity (Wildman–Crippen MR) is 99.2 cm³/mol. The van der Waals surface area contributed by atoms with Crippen LogP contribution in [-0.2, 0) is 19.4 Å². The van der Waals surface area contributed by atoms with Gasteiger partial charge >= 0.3 is 0 Å². The molecule has 23 heavy (non-hydrogen) atoms. The van der Waals surface area contributed by atoms with Gasteiger partial charge in [0.05, 0.1) is 6.54 Å². The monoisotopic (exact) mass is 330 g/mol. The van der Waals surface area contributed by atoms with Crippen LogP contribution in [0.15, 0.2) is 35.5 Å². The zero-order valence-electron chi connectivity index (χ0n) is 14.2. The summed E-state index contributed by atoms with van der Waals surface area (Å²) < 4.78 is 0. The van der Waals surface area contributed by atoms with Crippen LogP contribution in [0, 0.1) is 6.92 Å². The molecule has 0 aliphatic rings. The largest absolute Gasteiger partial charge is 0.357 e. The fourth-order valence-corrected chi connectivity index (χ4v) is 3.05. The maximum Gasteiger partial charge on any atom is 0.191 e. The summed E-state index contributed by atoms with van der Waals surface area (Å²) in [5.41, 5.74) is 2.65. The number of thiazole rings is 1. The van der Waals surface area contributed by atoms with E-state index in [0.717, 1.165) is 36.9 Å². The molecule has 0 unspecified atom stereocenters. The first kappa shape index (κ1) is 17.5. The summed E-state index contributed by atoms with van der Waals surface area (Å²) in [6.45, 7) is 8.71. The third-order valence-electron chi connectivity index (χ3n) is 3.46. The Balaban J connectivity index is 1.86. The Kier molecular flexibility index (Phi) is 7.07. The smallest absolute Gasteiger partial charge is 0.191 e. The van der Waals surface area contributed by atoms with Crippen molar-refractivity contribution in [3.05, 3.63) is 51.5 Å². The highest BCUT2D eigenvalue weighted by Gasteiger charge is 2.02. The molecule has 0 amide bonds. The fraction of sp³-hybridized carbons (Fsp3) is 0.444. The Morgan fingerprint density at radius 1 is 1.26 bits per heavy atom. The number of aromatic nitrogens is 1. The van der Waals surface area contributed by atoms with Crippen molar-refractivity contribution in [2.75, 3.05) is 13.1 Å². The van der Waals surface area contributed by atoms with Crippen LogP contribution in [-0.4, -0.2) is 24.0 Å². The molecule has 1 aromatic carbocycles. The average molecular weight is 331 g/mol. The number of benzene rings is 1. The molecule has 0 saturated carbocycles. The standard InChI is InChI=1S/C18H26N4S/c1-4-16-12-21-17(23-16)13-22-18(19-5-2)20-10-9-15-8-6-7-14(3)11-15/h6-8,11-12H,4-5,9-10,13H2,1-3H3,(H2,19,20,22). The first-order valence-corrected chi connectivity index (χ1v) is 9.04. The van der Waals surface area contributed by atoms with Gasteiger partial charge < -0.3 is 10.6 Å². The highest BCUT2D eigenvalue weighted by atomic mass is 32.1. The molecule has 0 fully saturated rings. The van der Waals surface area contributed by atoms with Crippen molar-refractivity contribution in [1.29, 1.82) is 0 Å². The van der Waals surface area contributed by atoms with Gasteiger partial charge in [-0.2, -0.15) is 0 Å². The van der Waals surface area contributed by atoms with Gasteiger partial charge in [-0.25, -0.2) is 9.98 Å². The van der Waals surface area contributed by atoms with Gasteiger partial charge in [-0.05, 0) is 32.3 Å². The Morgan fingerprint density at radius 2 is 2.13 bits per heavy atom. The number of aryl methyl sites for hydroxylation is 2. The van der Waals surface area contributed by atoms with Crippen molar-refractivity contribution < 1.29 is 0 Å². The number of rotatable bonds is 7. The quantitative estimate of drug-likeness (QED) is 0.605. The van der Waals surface area contributed by atoms with Crippen molar-refractivity contribution in [3.8, 4) is 0 Å². The van der Waals surface area contributed by atoms with Gasteiger partial charge in [0.15, 0.2) is 5.96 Å². The Hall–Kier alpha value is -1.88. The maximum atomic E-state index is 4.62. The van der Waals surface area contributed by atoms with Gasteiger partial charge in [0, 0.05) is 24.2 Å². The molecule has 0 radical (unpaired) electrons. The van der Waals surface area contributed by atoms with Crippen molar-refractivity contribution in [2.24, 2.45) is 4.99 Å². The van der Waals surface area contributed by atoms with E-state index in [9.17, 15) is 0 Å². The minimum absolute atomic E-state index is 0.629. The summed E-state index contributed by atoms with van der Waals surface area (Å²) in [5, 5.41) is 7.75. The highest BCUT2D eigenvalue weighted by molar-refractivity contribution is 7.11. The molecule has 0 spiro atoms. The van der Waals surface area contributed by atoms with Crippen LogP contribution < -0.4 is 10.6 Å². The zero-order chi connectivity index (χ0) is 16.5. The Morgan fingerprint density at radius 3 is 2.83 bits per heavy atom. The summed E-state index contributed by atoms with van der Waals surface area (Å²) in [7, 11) is 0. The lowest BCUT2D eigenvalue weighted by Gasteiger charge is -2.11. The van der Waals surface area contributed by atoms with E-state index in [-0.39, 0.29) is 0 Å². The molecule has 0 aliphatic carbocycles. The summed E-state index contributed by atoms with van der Waals surface area (Å²) in [4.78, 5) is 10.3. The van der Waals surface area contributed by atoms with Crippen LogP contribution >= 0.6 is 11.3 Å². The molecule has 0 aliphatic heterocycles.